The van der Waals surface area contributed by atoms with Crippen molar-refractivity contribution in [3.63, 3.8) is 0 Å². The topological polar surface area (TPSA) is 86.3 Å². The molecule has 25 heavy (non-hydrogen) atoms. The fourth-order valence-corrected chi connectivity index (χ4v) is 3.48. The fourth-order valence-electron chi connectivity index (χ4n) is 3.25. The summed E-state index contributed by atoms with van der Waals surface area (Å²) in [5.41, 5.74) is 1.78. The van der Waals surface area contributed by atoms with E-state index in [4.69, 9.17) is 16.7 Å². The van der Waals surface area contributed by atoms with Crippen molar-refractivity contribution in [3.05, 3.63) is 41.0 Å². The van der Waals surface area contributed by atoms with Gasteiger partial charge in [0.2, 0.25) is 0 Å². The van der Waals surface area contributed by atoms with Gasteiger partial charge in [-0.2, -0.15) is 5.10 Å². The lowest BCUT2D eigenvalue weighted by Crippen LogP contribution is -2.44. The van der Waals surface area contributed by atoms with E-state index in [1.54, 1.807) is 17.0 Å². The number of carbonyl (C=O) groups excluding carboxylic acids is 1. The van der Waals surface area contributed by atoms with Crippen molar-refractivity contribution in [1.29, 1.82) is 0 Å². The van der Waals surface area contributed by atoms with Crippen LogP contribution in [0, 0.1) is 0 Å². The van der Waals surface area contributed by atoms with Gasteiger partial charge in [0.15, 0.2) is 0 Å². The number of aliphatic carboxylic acids is 1. The van der Waals surface area contributed by atoms with E-state index in [1.165, 1.54) is 0 Å². The van der Waals surface area contributed by atoms with Crippen LogP contribution in [0.25, 0.3) is 11.3 Å². The summed E-state index contributed by atoms with van der Waals surface area (Å²) in [6.45, 7) is 0.642. The molecule has 1 aromatic carbocycles. The van der Waals surface area contributed by atoms with Crippen LogP contribution in [0.5, 0.6) is 0 Å². The van der Waals surface area contributed by atoms with Crippen molar-refractivity contribution in [2.24, 2.45) is 0 Å². The first kappa shape index (κ1) is 17.5. The second kappa shape index (κ2) is 7.70. The summed E-state index contributed by atoms with van der Waals surface area (Å²) in [5, 5.41) is 16.5. The number of rotatable bonds is 5. The van der Waals surface area contributed by atoms with Crippen molar-refractivity contribution in [1.82, 2.24) is 15.1 Å². The Labute approximate surface area is 150 Å². The molecule has 7 heteroatoms. The van der Waals surface area contributed by atoms with E-state index >= 15 is 0 Å². The molecule has 1 aliphatic heterocycles. The molecular formula is C18H20ClN3O3. The van der Waals surface area contributed by atoms with Gasteiger partial charge in [0.25, 0.3) is 5.91 Å². The summed E-state index contributed by atoms with van der Waals surface area (Å²) >= 11 is 6.19. The quantitative estimate of drug-likeness (QED) is 0.852. The average molecular weight is 362 g/mol. The summed E-state index contributed by atoms with van der Waals surface area (Å²) < 4.78 is 0. The maximum absolute atomic E-state index is 12.9. The van der Waals surface area contributed by atoms with Crippen LogP contribution in [0.1, 0.15) is 42.6 Å². The lowest BCUT2D eigenvalue weighted by atomic mass is 9.97. The molecular weight excluding hydrogens is 342 g/mol. The molecule has 0 spiro atoms. The third-order valence-corrected chi connectivity index (χ3v) is 4.87. The zero-order chi connectivity index (χ0) is 17.8. The first-order valence-corrected chi connectivity index (χ1v) is 8.77. The normalized spacial score (nSPS) is 17.5. The van der Waals surface area contributed by atoms with E-state index in [9.17, 15) is 9.59 Å². The summed E-state index contributed by atoms with van der Waals surface area (Å²) in [5.74, 6) is -0.971. The molecule has 132 valence electrons. The maximum atomic E-state index is 12.9. The van der Waals surface area contributed by atoms with Gasteiger partial charge in [0.1, 0.15) is 5.69 Å². The van der Waals surface area contributed by atoms with E-state index < -0.39 is 5.97 Å². The van der Waals surface area contributed by atoms with E-state index in [0.29, 0.717) is 29.4 Å². The highest BCUT2D eigenvalue weighted by Gasteiger charge is 2.29. The Morgan fingerprint density at radius 2 is 2.12 bits per heavy atom. The number of benzene rings is 1. The Morgan fingerprint density at radius 3 is 2.88 bits per heavy atom. The molecule has 3 rings (SSSR count). The molecule has 1 aromatic heterocycles. The molecule has 1 unspecified atom stereocenters. The summed E-state index contributed by atoms with van der Waals surface area (Å²) in [6, 6.07) is 8.99. The van der Waals surface area contributed by atoms with Crippen LogP contribution in [-0.2, 0) is 4.79 Å². The minimum atomic E-state index is -0.833. The lowest BCUT2D eigenvalue weighted by Gasteiger charge is -2.35. The van der Waals surface area contributed by atoms with Crippen LogP contribution in [-0.4, -0.2) is 44.7 Å². The summed E-state index contributed by atoms with van der Waals surface area (Å²) in [7, 11) is 0. The number of likely N-dealkylation sites (tertiary alicyclic amines) is 1. The Bertz CT molecular complexity index is 774. The molecule has 1 aliphatic rings. The van der Waals surface area contributed by atoms with Crippen LogP contribution in [0.3, 0.4) is 0 Å². The van der Waals surface area contributed by atoms with Gasteiger partial charge < -0.3 is 10.0 Å². The summed E-state index contributed by atoms with van der Waals surface area (Å²) in [6.07, 6.45) is 3.34. The minimum absolute atomic E-state index is 0.0376. The highest BCUT2D eigenvalue weighted by Crippen LogP contribution is 2.28. The minimum Gasteiger partial charge on any atom is -0.481 e. The second-order valence-corrected chi connectivity index (χ2v) is 6.63. The van der Waals surface area contributed by atoms with Gasteiger partial charge in [0.05, 0.1) is 10.7 Å². The van der Waals surface area contributed by atoms with Gasteiger partial charge in [-0.25, -0.2) is 0 Å². The maximum Gasteiger partial charge on any atom is 0.303 e. The van der Waals surface area contributed by atoms with Gasteiger partial charge in [-0.3, -0.25) is 14.7 Å². The Morgan fingerprint density at radius 1 is 1.32 bits per heavy atom. The largest absolute Gasteiger partial charge is 0.481 e. The van der Waals surface area contributed by atoms with Gasteiger partial charge in [0, 0.05) is 24.6 Å². The number of hydrogen-bond donors (Lipinski definition) is 2. The predicted molar refractivity (Wildman–Crippen MR) is 94.6 cm³/mol. The SMILES string of the molecule is O=C(O)CCC1CCCCN1C(=O)c1cc(-c2ccccc2Cl)n[nH]1. The van der Waals surface area contributed by atoms with Crippen molar-refractivity contribution < 1.29 is 14.7 Å². The van der Waals surface area contributed by atoms with Gasteiger partial charge >= 0.3 is 5.97 Å². The molecule has 1 saturated heterocycles. The van der Waals surface area contributed by atoms with Gasteiger partial charge in [-0.1, -0.05) is 29.8 Å². The lowest BCUT2D eigenvalue weighted by molar-refractivity contribution is -0.137. The third-order valence-electron chi connectivity index (χ3n) is 4.54. The molecule has 6 nitrogen and oxygen atoms in total. The van der Waals surface area contributed by atoms with Crippen LogP contribution in [0.15, 0.2) is 30.3 Å². The van der Waals surface area contributed by atoms with Gasteiger partial charge in [-0.05, 0) is 37.8 Å². The third kappa shape index (κ3) is 4.02. The number of nitrogens with one attached hydrogen (secondary N) is 1. The number of carboxylic acids is 1. The number of aromatic amines is 1. The molecule has 1 amide bonds. The Hall–Kier alpha value is -2.34. The number of carboxylic acid groups (broad SMARTS) is 1. The molecule has 0 radical (unpaired) electrons. The highest BCUT2D eigenvalue weighted by molar-refractivity contribution is 6.33. The number of carbonyl (C=O) groups is 2. The van der Waals surface area contributed by atoms with Crippen LogP contribution >= 0.6 is 11.6 Å². The molecule has 1 atom stereocenters. The Kier molecular flexibility index (Phi) is 5.38. The van der Waals surface area contributed by atoms with Crippen molar-refractivity contribution in [2.75, 3.05) is 6.54 Å². The summed E-state index contributed by atoms with van der Waals surface area (Å²) in [4.78, 5) is 25.5. The molecule has 0 saturated carbocycles. The number of aromatic nitrogens is 2. The number of nitrogens with zero attached hydrogens (tertiary/aromatic N) is 2. The first-order valence-electron chi connectivity index (χ1n) is 8.39. The molecule has 2 N–H and O–H groups in total. The standard InChI is InChI=1S/C18H20ClN3O3/c19-14-7-2-1-6-13(14)15-11-16(21-20-15)18(25)22-10-4-3-5-12(22)8-9-17(23)24/h1-2,6-7,11-12H,3-5,8-10H2,(H,20,21)(H,23,24). The zero-order valence-electron chi connectivity index (χ0n) is 13.7. The van der Waals surface area contributed by atoms with Crippen molar-refractivity contribution in [3.8, 4) is 11.3 Å². The molecule has 2 aromatic rings. The average Bonchev–Trinajstić information content (AvgIpc) is 3.10. The molecule has 0 aliphatic carbocycles. The number of H-pyrrole nitrogens is 1. The van der Waals surface area contributed by atoms with Crippen LogP contribution < -0.4 is 0 Å². The fraction of sp³-hybridized carbons (Fsp3) is 0.389. The highest BCUT2D eigenvalue weighted by atomic mass is 35.5. The number of amides is 1. The molecule has 0 bridgehead atoms. The molecule has 1 fully saturated rings. The monoisotopic (exact) mass is 361 g/mol. The number of piperidine rings is 1. The second-order valence-electron chi connectivity index (χ2n) is 6.23. The van der Waals surface area contributed by atoms with Crippen LogP contribution in [0.4, 0.5) is 0 Å². The first-order chi connectivity index (χ1) is 12.1. The van der Waals surface area contributed by atoms with Crippen LogP contribution in [0.2, 0.25) is 5.02 Å². The molecule has 2 heterocycles. The smallest absolute Gasteiger partial charge is 0.303 e. The Balaban J connectivity index is 1.78. The van der Waals surface area contributed by atoms with E-state index in [1.807, 2.05) is 18.2 Å². The van der Waals surface area contributed by atoms with Crippen molar-refractivity contribution in [2.45, 2.75) is 38.1 Å². The van der Waals surface area contributed by atoms with E-state index in [-0.39, 0.29) is 18.4 Å². The van der Waals surface area contributed by atoms with E-state index in [0.717, 1.165) is 24.8 Å². The van der Waals surface area contributed by atoms with E-state index in [2.05, 4.69) is 10.2 Å². The number of hydrogen-bond acceptors (Lipinski definition) is 3. The predicted octanol–water partition coefficient (Wildman–Crippen LogP) is 3.59. The van der Waals surface area contributed by atoms with Gasteiger partial charge in [-0.15, -0.1) is 0 Å². The number of halogens is 1. The zero-order valence-corrected chi connectivity index (χ0v) is 14.5. The van der Waals surface area contributed by atoms with Crippen molar-refractivity contribution >= 4 is 23.5 Å².